The van der Waals surface area contributed by atoms with Crippen LogP contribution in [0, 0.1) is 0 Å². The lowest BCUT2D eigenvalue weighted by Crippen LogP contribution is -2.42. The molecule has 1 fully saturated rings. The topological polar surface area (TPSA) is 52.6 Å². The van der Waals surface area contributed by atoms with Gasteiger partial charge in [0.15, 0.2) is 0 Å². The van der Waals surface area contributed by atoms with Gasteiger partial charge in [0.05, 0.1) is 13.2 Å². The van der Waals surface area contributed by atoms with Crippen molar-refractivity contribution in [2.24, 2.45) is 0 Å². The van der Waals surface area contributed by atoms with Crippen molar-refractivity contribution in [1.29, 1.82) is 0 Å². The third-order valence-electron chi connectivity index (χ3n) is 1.18. The van der Waals surface area contributed by atoms with E-state index in [9.17, 15) is 8.42 Å². The van der Waals surface area contributed by atoms with Crippen molar-refractivity contribution in [3.8, 4) is 0 Å². The number of ether oxygens (including phenoxy) is 1. The molecule has 0 saturated carbocycles. The third-order valence-corrected chi connectivity index (χ3v) is 2.73. The number of rotatable bonds is 2. The van der Waals surface area contributed by atoms with Crippen LogP contribution >= 0.6 is 0 Å². The summed E-state index contributed by atoms with van der Waals surface area (Å²) in [6, 6.07) is 0. The molecular formula is C4H8O4S. The molecule has 0 aliphatic carbocycles. The van der Waals surface area contributed by atoms with Gasteiger partial charge < -0.3 is 4.74 Å². The highest BCUT2D eigenvalue weighted by molar-refractivity contribution is 7.88. The normalized spacial score (nSPS) is 31.4. The zero-order chi connectivity index (χ0) is 6.91. The standard InChI is InChI=1S/C4H8O4S/c1-7-2-4-3-8-9(4,5)6/h4H,2-3H2,1H3. The molecule has 0 aromatic rings. The molecule has 54 valence electrons. The van der Waals surface area contributed by atoms with Crippen LogP contribution in [-0.2, 0) is 19.0 Å². The van der Waals surface area contributed by atoms with Crippen molar-refractivity contribution in [1.82, 2.24) is 0 Å². The van der Waals surface area contributed by atoms with Crippen LogP contribution in [0.5, 0.6) is 0 Å². The first kappa shape index (κ1) is 6.98. The molecule has 0 bridgehead atoms. The molecule has 0 spiro atoms. The smallest absolute Gasteiger partial charge is 0.274 e. The summed E-state index contributed by atoms with van der Waals surface area (Å²) in [7, 11) is -1.74. The van der Waals surface area contributed by atoms with Gasteiger partial charge in [0.25, 0.3) is 10.1 Å². The van der Waals surface area contributed by atoms with Crippen LogP contribution in [0.4, 0.5) is 0 Å². The van der Waals surface area contributed by atoms with Gasteiger partial charge in [-0.05, 0) is 0 Å². The number of hydrogen-bond acceptors (Lipinski definition) is 4. The zero-order valence-corrected chi connectivity index (χ0v) is 5.85. The quantitative estimate of drug-likeness (QED) is 0.494. The molecule has 0 radical (unpaired) electrons. The summed E-state index contributed by atoms with van der Waals surface area (Å²) in [5, 5.41) is -0.428. The molecule has 4 nitrogen and oxygen atoms in total. The van der Waals surface area contributed by atoms with Crippen molar-refractivity contribution >= 4 is 10.1 Å². The Bertz CT molecular complexity index is 183. The van der Waals surface area contributed by atoms with Crippen LogP contribution < -0.4 is 0 Å². The van der Waals surface area contributed by atoms with Crippen LogP contribution in [0.25, 0.3) is 0 Å². The molecule has 1 aliphatic rings. The van der Waals surface area contributed by atoms with Crippen molar-refractivity contribution in [3.63, 3.8) is 0 Å². The van der Waals surface area contributed by atoms with Gasteiger partial charge in [-0.1, -0.05) is 0 Å². The van der Waals surface area contributed by atoms with Gasteiger partial charge in [0.2, 0.25) is 0 Å². The monoisotopic (exact) mass is 152 g/mol. The molecule has 1 rings (SSSR count). The van der Waals surface area contributed by atoms with E-state index in [2.05, 4.69) is 8.92 Å². The second-order valence-electron chi connectivity index (χ2n) is 1.85. The number of hydrogen-bond donors (Lipinski definition) is 0. The van der Waals surface area contributed by atoms with E-state index in [0.29, 0.717) is 0 Å². The maximum Gasteiger partial charge on any atom is 0.274 e. The van der Waals surface area contributed by atoms with Crippen LogP contribution in [0.2, 0.25) is 0 Å². The molecule has 1 unspecified atom stereocenters. The van der Waals surface area contributed by atoms with E-state index in [0.717, 1.165) is 0 Å². The second-order valence-corrected chi connectivity index (χ2v) is 3.74. The van der Waals surface area contributed by atoms with Gasteiger partial charge in [-0.2, -0.15) is 8.42 Å². The fourth-order valence-corrected chi connectivity index (χ4v) is 1.45. The fourth-order valence-electron chi connectivity index (χ4n) is 0.593. The first-order valence-electron chi connectivity index (χ1n) is 2.54. The van der Waals surface area contributed by atoms with E-state index in [1.54, 1.807) is 0 Å². The van der Waals surface area contributed by atoms with E-state index in [4.69, 9.17) is 0 Å². The van der Waals surface area contributed by atoms with Gasteiger partial charge in [-0.25, -0.2) is 0 Å². The van der Waals surface area contributed by atoms with Gasteiger partial charge in [0.1, 0.15) is 5.25 Å². The van der Waals surface area contributed by atoms with E-state index < -0.39 is 15.4 Å². The lowest BCUT2D eigenvalue weighted by Gasteiger charge is -2.24. The Morgan fingerprint density at radius 2 is 2.44 bits per heavy atom. The Hall–Kier alpha value is -0.130. The first-order valence-corrected chi connectivity index (χ1v) is 4.01. The molecule has 9 heavy (non-hydrogen) atoms. The van der Waals surface area contributed by atoms with E-state index in [-0.39, 0.29) is 13.2 Å². The van der Waals surface area contributed by atoms with Gasteiger partial charge in [-0.15, -0.1) is 0 Å². The lowest BCUT2D eigenvalue weighted by atomic mass is 10.5. The molecule has 1 aliphatic heterocycles. The summed E-state index contributed by atoms with van der Waals surface area (Å²) in [5.74, 6) is 0. The summed E-state index contributed by atoms with van der Waals surface area (Å²) in [4.78, 5) is 0. The predicted octanol–water partition coefficient (Wildman–Crippen LogP) is -0.639. The summed E-state index contributed by atoms with van der Waals surface area (Å²) >= 11 is 0. The average Bonchev–Trinajstić information content (AvgIpc) is 1.81. The van der Waals surface area contributed by atoms with Crippen molar-refractivity contribution in [2.75, 3.05) is 20.3 Å². The van der Waals surface area contributed by atoms with Crippen molar-refractivity contribution in [2.45, 2.75) is 5.25 Å². The first-order chi connectivity index (χ1) is 4.17. The number of methoxy groups -OCH3 is 1. The second kappa shape index (κ2) is 2.24. The molecule has 1 saturated heterocycles. The summed E-state index contributed by atoms with van der Waals surface area (Å²) in [6.45, 7) is 0.512. The third kappa shape index (κ3) is 1.23. The summed E-state index contributed by atoms with van der Waals surface area (Å²) in [5.41, 5.74) is 0. The largest absolute Gasteiger partial charge is 0.383 e. The zero-order valence-electron chi connectivity index (χ0n) is 5.03. The van der Waals surface area contributed by atoms with Gasteiger partial charge >= 0.3 is 0 Å². The van der Waals surface area contributed by atoms with Crippen LogP contribution in [0.15, 0.2) is 0 Å². The minimum absolute atomic E-state index is 0.238. The Morgan fingerprint density at radius 1 is 1.78 bits per heavy atom. The molecule has 0 amide bonds. The SMILES string of the molecule is COCC1COS1(=O)=O. The van der Waals surface area contributed by atoms with Crippen LogP contribution in [0.3, 0.4) is 0 Å². The van der Waals surface area contributed by atoms with Crippen molar-refractivity contribution in [3.05, 3.63) is 0 Å². The lowest BCUT2D eigenvalue weighted by molar-refractivity contribution is 0.143. The Morgan fingerprint density at radius 3 is 2.56 bits per heavy atom. The summed E-state index contributed by atoms with van der Waals surface area (Å²) in [6.07, 6.45) is 0. The Balaban J connectivity index is 2.47. The maximum absolute atomic E-state index is 10.5. The Kier molecular flexibility index (Phi) is 1.74. The Labute approximate surface area is 53.9 Å². The average molecular weight is 152 g/mol. The highest BCUT2D eigenvalue weighted by Crippen LogP contribution is 2.16. The molecule has 5 heteroatoms. The van der Waals surface area contributed by atoms with Gasteiger partial charge in [0, 0.05) is 7.11 Å². The van der Waals surface area contributed by atoms with Crippen LogP contribution in [-0.4, -0.2) is 34.0 Å². The fraction of sp³-hybridized carbons (Fsp3) is 1.00. The molecule has 1 heterocycles. The van der Waals surface area contributed by atoms with Crippen molar-refractivity contribution < 1.29 is 17.3 Å². The van der Waals surface area contributed by atoms with E-state index >= 15 is 0 Å². The molecular weight excluding hydrogens is 144 g/mol. The summed E-state index contributed by atoms with van der Waals surface area (Å²) < 4.78 is 29.9. The predicted molar refractivity (Wildman–Crippen MR) is 30.5 cm³/mol. The minimum atomic E-state index is -3.21. The van der Waals surface area contributed by atoms with E-state index in [1.807, 2.05) is 0 Å². The molecule has 0 aromatic heterocycles. The highest BCUT2D eigenvalue weighted by Gasteiger charge is 2.37. The molecule has 0 N–H and O–H groups in total. The minimum Gasteiger partial charge on any atom is -0.383 e. The molecule has 0 aromatic carbocycles. The van der Waals surface area contributed by atoms with Gasteiger partial charge in [-0.3, -0.25) is 4.18 Å². The molecule has 1 atom stereocenters. The maximum atomic E-state index is 10.5. The van der Waals surface area contributed by atoms with E-state index in [1.165, 1.54) is 7.11 Å². The highest BCUT2D eigenvalue weighted by atomic mass is 32.2. The van der Waals surface area contributed by atoms with Crippen LogP contribution in [0.1, 0.15) is 0 Å².